The van der Waals surface area contributed by atoms with Gasteiger partial charge in [0.1, 0.15) is 6.10 Å². The Labute approximate surface area is 148 Å². The molecule has 24 heavy (non-hydrogen) atoms. The van der Waals surface area contributed by atoms with Crippen molar-refractivity contribution in [3.05, 3.63) is 47.2 Å². The third-order valence-corrected chi connectivity index (χ3v) is 5.11. The van der Waals surface area contributed by atoms with Gasteiger partial charge >= 0.3 is 0 Å². The van der Waals surface area contributed by atoms with Crippen molar-refractivity contribution in [1.29, 1.82) is 0 Å². The minimum atomic E-state index is -0.524. The Balaban J connectivity index is 2.28. The number of hydrogen-bond donors (Lipinski definition) is 1. The molecule has 0 aromatic heterocycles. The molecule has 1 heterocycles. The zero-order valence-electron chi connectivity index (χ0n) is 16.6. The van der Waals surface area contributed by atoms with E-state index in [0.29, 0.717) is 5.92 Å². The van der Waals surface area contributed by atoms with E-state index >= 15 is 0 Å². The summed E-state index contributed by atoms with van der Waals surface area (Å²) < 4.78 is 0. The van der Waals surface area contributed by atoms with Crippen molar-refractivity contribution in [1.82, 2.24) is 4.90 Å². The molecule has 1 aliphatic rings. The minimum Gasteiger partial charge on any atom is -0.384 e. The summed E-state index contributed by atoms with van der Waals surface area (Å²) in [6.07, 6.45) is 2.78. The third kappa shape index (κ3) is 4.42. The van der Waals surface area contributed by atoms with Gasteiger partial charge in [0, 0.05) is 19.3 Å². The van der Waals surface area contributed by atoms with Gasteiger partial charge in [-0.25, -0.2) is 0 Å². The van der Waals surface area contributed by atoms with Crippen molar-refractivity contribution in [3.8, 4) is 0 Å². The number of nitrogens with zero attached hydrogens (tertiary/aromatic N) is 1. The average Bonchev–Trinajstić information content (AvgIpc) is 2.47. The quantitative estimate of drug-likeness (QED) is 0.811. The van der Waals surface area contributed by atoms with Crippen LogP contribution in [0.3, 0.4) is 0 Å². The van der Waals surface area contributed by atoms with E-state index in [4.69, 9.17) is 0 Å². The SMILES string of the molecule is CC(C)CN1C=C([C@H](O)c2ccc(C(C)(C)C)cc2)C(C)(C)CC1. The van der Waals surface area contributed by atoms with Gasteiger partial charge in [0.15, 0.2) is 0 Å². The van der Waals surface area contributed by atoms with Gasteiger partial charge in [0.05, 0.1) is 0 Å². The average molecular weight is 330 g/mol. The normalized spacial score (nSPS) is 19.4. The maximum atomic E-state index is 11.0. The van der Waals surface area contributed by atoms with Crippen LogP contribution in [0, 0.1) is 11.3 Å². The summed E-state index contributed by atoms with van der Waals surface area (Å²) in [5, 5.41) is 11.0. The molecule has 0 unspecified atom stereocenters. The van der Waals surface area contributed by atoms with Crippen LogP contribution in [0.1, 0.15) is 72.1 Å². The molecule has 1 aromatic carbocycles. The van der Waals surface area contributed by atoms with Gasteiger partial charge in [-0.3, -0.25) is 0 Å². The lowest BCUT2D eigenvalue weighted by Gasteiger charge is -2.40. The number of benzene rings is 1. The summed E-state index contributed by atoms with van der Waals surface area (Å²) >= 11 is 0. The first-order valence-electron chi connectivity index (χ1n) is 9.25. The van der Waals surface area contributed by atoms with Crippen molar-refractivity contribution < 1.29 is 5.11 Å². The summed E-state index contributed by atoms with van der Waals surface area (Å²) in [6, 6.07) is 8.48. The fourth-order valence-corrected chi connectivity index (χ4v) is 3.40. The zero-order valence-corrected chi connectivity index (χ0v) is 16.6. The van der Waals surface area contributed by atoms with E-state index in [1.807, 2.05) is 0 Å². The monoisotopic (exact) mass is 329 g/mol. The predicted octanol–water partition coefficient (Wildman–Crippen LogP) is 5.29. The molecule has 1 aromatic rings. The first-order valence-corrected chi connectivity index (χ1v) is 9.25. The van der Waals surface area contributed by atoms with Crippen molar-refractivity contribution in [2.45, 2.75) is 66.4 Å². The molecule has 0 saturated carbocycles. The number of aliphatic hydroxyl groups is 1. The molecule has 0 spiro atoms. The molecule has 2 rings (SSSR count). The molecule has 0 fully saturated rings. The van der Waals surface area contributed by atoms with E-state index in [1.54, 1.807) is 0 Å². The van der Waals surface area contributed by atoms with Crippen LogP contribution in [0.15, 0.2) is 36.0 Å². The third-order valence-electron chi connectivity index (χ3n) is 5.11. The van der Waals surface area contributed by atoms with Gasteiger partial charge < -0.3 is 10.0 Å². The van der Waals surface area contributed by atoms with Gasteiger partial charge in [-0.2, -0.15) is 0 Å². The van der Waals surface area contributed by atoms with Gasteiger partial charge in [-0.15, -0.1) is 0 Å². The van der Waals surface area contributed by atoms with E-state index in [-0.39, 0.29) is 10.8 Å². The highest BCUT2D eigenvalue weighted by atomic mass is 16.3. The summed E-state index contributed by atoms with van der Waals surface area (Å²) in [5.74, 6) is 0.631. The molecule has 1 atom stereocenters. The van der Waals surface area contributed by atoms with Crippen LogP contribution in [0.2, 0.25) is 0 Å². The van der Waals surface area contributed by atoms with Crippen LogP contribution >= 0.6 is 0 Å². The first-order chi connectivity index (χ1) is 11.0. The Morgan fingerprint density at radius 1 is 1.12 bits per heavy atom. The highest BCUT2D eigenvalue weighted by Crippen LogP contribution is 2.42. The standard InChI is InChI=1S/C22H35NO/c1-16(2)14-23-13-12-22(6,7)19(15-23)20(24)17-8-10-18(11-9-17)21(3,4)5/h8-11,15-16,20,24H,12-14H2,1-7H3/t20-/m1/s1. The van der Waals surface area contributed by atoms with Crippen LogP contribution in [-0.4, -0.2) is 23.1 Å². The topological polar surface area (TPSA) is 23.5 Å². The molecule has 0 aliphatic carbocycles. The molecule has 1 N–H and O–H groups in total. The van der Waals surface area contributed by atoms with Gasteiger partial charge in [0.25, 0.3) is 0 Å². The molecular weight excluding hydrogens is 294 g/mol. The predicted molar refractivity (Wildman–Crippen MR) is 103 cm³/mol. The lowest BCUT2D eigenvalue weighted by molar-refractivity contribution is 0.151. The summed E-state index contributed by atoms with van der Waals surface area (Å²) in [5.41, 5.74) is 3.61. The lowest BCUT2D eigenvalue weighted by atomic mass is 9.75. The summed E-state index contributed by atoms with van der Waals surface area (Å²) in [6.45, 7) is 17.8. The van der Waals surface area contributed by atoms with Crippen LogP contribution in [0.25, 0.3) is 0 Å². The van der Waals surface area contributed by atoms with E-state index in [0.717, 1.165) is 30.6 Å². The van der Waals surface area contributed by atoms with Crippen molar-refractivity contribution >= 4 is 0 Å². The molecule has 2 heteroatoms. The van der Waals surface area contributed by atoms with Crippen molar-refractivity contribution in [2.75, 3.05) is 13.1 Å². The fraction of sp³-hybridized carbons (Fsp3) is 0.636. The molecule has 0 saturated heterocycles. The zero-order chi connectivity index (χ0) is 18.1. The second kappa shape index (κ2) is 6.92. The fourth-order valence-electron chi connectivity index (χ4n) is 3.40. The van der Waals surface area contributed by atoms with Gasteiger partial charge in [-0.05, 0) is 39.9 Å². The van der Waals surface area contributed by atoms with E-state index in [9.17, 15) is 5.11 Å². The molecule has 0 bridgehead atoms. The van der Waals surface area contributed by atoms with E-state index in [2.05, 4.69) is 83.8 Å². The Morgan fingerprint density at radius 3 is 2.21 bits per heavy atom. The van der Waals surface area contributed by atoms with Crippen molar-refractivity contribution in [2.24, 2.45) is 11.3 Å². The molecular formula is C22H35NO. The number of rotatable bonds is 4. The second-order valence-corrected chi connectivity index (χ2v) is 9.38. The van der Waals surface area contributed by atoms with Gasteiger partial charge in [0.2, 0.25) is 0 Å². The Morgan fingerprint density at radius 2 is 1.71 bits per heavy atom. The largest absolute Gasteiger partial charge is 0.384 e. The Kier molecular flexibility index (Phi) is 5.49. The smallest absolute Gasteiger partial charge is 0.102 e. The second-order valence-electron chi connectivity index (χ2n) is 9.38. The summed E-state index contributed by atoms with van der Waals surface area (Å²) in [7, 11) is 0. The van der Waals surface area contributed by atoms with Crippen LogP contribution in [-0.2, 0) is 5.41 Å². The maximum absolute atomic E-state index is 11.0. The molecule has 134 valence electrons. The summed E-state index contributed by atoms with van der Waals surface area (Å²) in [4.78, 5) is 2.37. The maximum Gasteiger partial charge on any atom is 0.102 e. The van der Waals surface area contributed by atoms with E-state index in [1.165, 1.54) is 5.56 Å². The molecule has 1 aliphatic heterocycles. The lowest BCUT2D eigenvalue weighted by Crippen LogP contribution is -2.36. The van der Waals surface area contributed by atoms with E-state index < -0.39 is 6.10 Å². The van der Waals surface area contributed by atoms with Gasteiger partial charge in [-0.1, -0.05) is 72.7 Å². The Bertz CT molecular complexity index is 575. The molecule has 0 amide bonds. The highest BCUT2D eigenvalue weighted by Gasteiger charge is 2.33. The number of aliphatic hydroxyl groups excluding tert-OH is 1. The first kappa shape index (κ1) is 19.1. The Hall–Kier alpha value is -1.28. The van der Waals surface area contributed by atoms with Crippen LogP contribution in [0.4, 0.5) is 0 Å². The number of hydrogen-bond acceptors (Lipinski definition) is 2. The van der Waals surface area contributed by atoms with Crippen LogP contribution < -0.4 is 0 Å². The minimum absolute atomic E-state index is 0.0373. The van der Waals surface area contributed by atoms with Crippen LogP contribution in [0.5, 0.6) is 0 Å². The highest BCUT2D eigenvalue weighted by molar-refractivity contribution is 5.34. The molecule has 0 radical (unpaired) electrons. The van der Waals surface area contributed by atoms with Crippen molar-refractivity contribution in [3.63, 3.8) is 0 Å². The molecule has 2 nitrogen and oxygen atoms in total.